The molecule has 6 heterocycles. The Kier molecular flexibility index (Phi) is 6.98. The van der Waals surface area contributed by atoms with Crippen LogP contribution in [0.4, 0.5) is 23.4 Å². The average molecular weight is 687 g/mol. The van der Waals surface area contributed by atoms with Crippen LogP contribution in [0.25, 0.3) is 32.9 Å². The van der Waals surface area contributed by atoms with E-state index < -0.39 is 34.9 Å². The van der Waals surface area contributed by atoms with E-state index in [0.29, 0.717) is 50.1 Å². The Morgan fingerprint density at radius 2 is 1.88 bits per heavy atom. The van der Waals surface area contributed by atoms with Gasteiger partial charge in [-0.05, 0) is 68.7 Å². The molecular formula is C37H34F4N6O3. The number of hydrogen-bond acceptors (Lipinski definition) is 8. The van der Waals surface area contributed by atoms with Crippen LogP contribution in [0, 0.1) is 24.0 Å². The van der Waals surface area contributed by atoms with Gasteiger partial charge >= 0.3 is 6.01 Å². The number of anilines is 1. The summed E-state index contributed by atoms with van der Waals surface area (Å²) in [6.45, 7) is 1.90. The number of carbonyl (C=O) groups excluding carboxylic acids is 1. The lowest BCUT2D eigenvalue weighted by molar-refractivity contribution is -0.141. The number of benzene rings is 2. The van der Waals surface area contributed by atoms with Gasteiger partial charge in [-0.25, -0.2) is 17.6 Å². The largest absolute Gasteiger partial charge is 0.508 e. The zero-order chi connectivity index (χ0) is 34.5. The zero-order valence-electron chi connectivity index (χ0n) is 27.1. The molecule has 2 aromatic carbocycles. The Morgan fingerprint density at radius 1 is 1.10 bits per heavy atom. The number of phenols is 1. The standard InChI is InChI=1S/C37H34F4N6O3/c1-2-25-28(39)7-4-20-12-24(48)13-26(29(20)25)31-30(40)32-27(15-42-31)33(44-35(43-32)50-19-36-8-3-11-46(36)16-21(38)14-36)45-17-22-5-6-23(18-45)47(22)34(49)37(41)9-10-37/h1,4,7,12-13,15,21-23,48H,3,5-6,8-11,14,16-19H2/t21-,22?,23?,36+/m1/s1. The van der Waals surface area contributed by atoms with Gasteiger partial charge in [0.05, 0.1) is 16.5 Å². The molecule has 2 aromatic heterocycles. The molecule has 9 nitrogen and oxygen atoms in total. The molecule has 4 saturated heterocycles. The Morgan fingerprint density at radius 3 is 2.62 bits per heavy atom. The maximum Gasteiger partial charge on any atom is 0.319 e. The van der Waals surface area contributed by atoms with Crippen molar-refractivity contribution in [3.63, 3.8) is 0 Å². The summed E-state index contributed by atoms with van der Waals surface area (Å²) in [4.78, 5) is 32.6. The molecular weight excluding hydrogens is 652 g/mol. The molecule has 1 amide bonds. The quantitative estimate of drug-likeness (QED) is 0.212. The van der Waals surface area contributed by atoms with Gasteiger partial charge in [0.2, 0.25) is 0 Å². The van der Waals surface area contributed by atoms with Crippen LogP contribution in [-0.2, 0) is 4.79 Å². The Bertz CT molecular complexity index is 2120. The smallest absolute Gasteiger partial charge is 0.319 e. The molecule has 1 N–H and O–H groups in total. The Balaban J connectivity index is 1.16. The lowest BCUT2D eigenvalue weighted by Gasteiger charge is -2.42. The van der Waals surface area contributed by atoms with Gasteiger partial charge in [-0.15, -0.1) is 6.42 Å². The summed E-state index contributed by atoms with van der Waals surface area (Å²) in [6.07, 6.45) is 10.0. The number of aromatic hydroxyl groups is 1. The predicted molar refractivity (Wildman–Crippen MR) is 177 cm³/mol. The van der Waals surface area contributed by atoms with Gasteiger partial charge < -0.3 is 19.6 Å². The highest BCUT2D eigenvalue weighted by atomic mass is 19.1. The van der Waals surface area contributed by atoms with E-state index in [4.69, 9.17) is 16.1 Å². The van der Waals surface area contributed by atoms with Crippen molar-refractivity contribution in [3.05, 3.63) is 47.7 Å². The number of nitrogens with zero attached hydrogens (tertiary/aromatic N) is 6. The fraction of sp³-hybridized carbons (Fsp3) is 0.459. The Labute approximate surface area is 285 Å². The van der Waals surface area contributed by atoms with Crippen LogP contribution in [0.5, 0.6) is 11.8 Å². The van der Waals surface area contributed by atoms with Crippen LogP contribution in [-0.4, -0.2) is 98.0 Å². The minimum Gasteiger partial charge on any atom is -0.508 e. The first-order valence-electron chi connectivity index (χ1n) is 17.1. The third kappa shape index (κ3) is 4.78. The molecule has 0 radical (unpaired) electrons. The lowest BCUT2D eigenvalue weighted by atomic mass is 9.95. The molecule has 258 valence electrons. The number of alkyl halides is 2. The van der Waals surface area contributed by atoms with E-state index in [0.717, 1.165) is 19.4 Å². The number of pyridine rings is 1. The number of fused-ring (bicyclic) bond motifs is 5. The molecule has 9 rings (SSSR count). The molecule has 2 bridgehead atoms. The summed E-state index contributed by atoms with van der Waals surface area (Å²) in [6, 6.07) is 4.73. The monoisotopic (exact) mass is 686 g/mol. The van der Waals surface area contributed by atoms with E-state index in [-0.39, 0.29) is 76.4 Å². The van der Waals surface area contributed by atoms with Crippen LogP contribution in [0.15, 0.2) is 30.5 Å². The number of amides is 1. The van der Waals surface area contributed by atoms with E-state index >= 15 is 4.39 Å². The molecule has 5 aliphatic rings. The van der Waals surface area contributed by atoms with E-state index in [1.807, 2.05) is 4.90 Å². The second-order valence-corrected chi connectivity index (χ2v) is 14.5. The molecule has 13 heteroatoms. The fourth-order valence-corrected chi connectivity index (χ4v) is 8.88. The van der Waals surface area contributed by atoms with Gasteiger partial charge in [0.15, 0.2) is 11.5 Å². The van der Waals surface area contributed by atoms with Crippen LogP contribution in [0.1, 0.15) is 50.5 Å². The molecule has 4 aliphatic heterocycles. The molecule has 1 saturated carbocycles. The maximum absolute atomic E-state index is 16.9. The van der Waals surface area contributed by atoms with Crippen molar-refractivity contribution in [1.29, 1.82) is 0 Å². The summed E-state index contributed by atoms with van der Waals surface area (Å²) < 4.78 is 67.5. The van der Waals surface area contributed by atoms with E-state index in [9.17, 15) is 23.1 Å². The normalized spacial score (nSPS) is 26.8. The second-order valence-electron chi connectivity index (χ2n) is 14.5. The molecule has 1 aliphatic carbocycles. The predicted octanol–water partition coefficient (Wildman–Crippen LogP) is 5.45. The van der Waals surface area contributed by atoms with Crippen molar-refractivity contribution in [2.45, 2.75) is 74.4 Å². The minimum atomic E-state index is -1.78. The van der Waals surface area contributed by atoms with Crippen LogP contribution in [0.3, 0.4) is 0 Å². The SMILES string of the molecule is C#Cc1c(F)ccc2cc(O)cc(-c3ncc4c(N5CC6CCC(C5)N6C(=O)C5(F)CC5)nc(OC[C@@]56CCCN5C[C@H](F)C6)nc4c3F)c12. The maximum atomic E-state index is 16.9. The Hall–Kier alpha value is -4.70. The number of terminal acetylenes is 1. The van der Waals surface area contributed by atoms with E-state index in [1.54, 1.807) is 4.90 Å². The third-order valence-electron chi connectivity index (χ3n) is 11.4. The number of aromatic nitrogens is 3. The number of piperazine rings is 1. The van der Waals surface area contributed by atoms with Crippen LogP contribution < -0.4 is 9.64 Å². The summed E-state index contributed by atoms with van der Waals surface area (Å²) in [5, 5.41) is 11.5. The summed E-state index contributed by atoms with van der Waals surface area (Å²) >= 11 is 0. The number of phenolic OH excluding ortho intramolecular Hbond substituents is 1. The highest BCUT2D eigenvalue weighted by Gasteiger charge is 2.57. The van der Waals surface area contributed by atoms with Crippen molar-refractivity contribution < 1.29 is 32.2 Å². The molecule has 4 atom stereocenters. The van der Waals surface area contributed by atoms with Crippen LogP contribution in [0.2, 0.25) is 0 Å². The molecule has 0 spiro atoms. The summed E-state index contributed by atoms with van der Waals surface area (Å²) in [5.41, 5.74) is -2.63. The van der Waals surface area contributed by atoms with Crippen molar-refractivity contribution in [1.82, 2.24) is 24.8 Å². The molecule has 4 aromatic rings. The van der Waals surface area contributed by atoms with Gasteiger partial charge in [-0.1, -0.05) is 12.0 Å². The highest BCUT2D eigenvalue weighted by molar-refractivity contribution is 6.03. The van der Waals surface area contributed by atoms with Crippen molar-refractivity contribution in [3.8, 4) is 35.4 Å². The lowest BCUT2D eigenvalue weighted by Crippen LogP contribution is -2.58. The van der Waals surface area contributed by atoms with Crippen molar-refractivity contribution >= 4 is 33.4 Å². The van der Waals surface area contributed by atoms with E-state index in [2.05, 4.69) is 20.8 Å². The van der Waals surface area contributed by atoms with Gasteiger partial charge in [-0.3, -0.25) is 14.7 Å². The first-order chi connectivity index (χ1) is 24.1. The van der Waals surface area contributed by atoms with Crippen molar-refractivity contribution in [2.24, 2.45) is 0 Å². The molecule has 5 fully saturated rings. The third-order valence-corrected chi connectivity index (χ3v) is 11.4. The minimum absolute atomic E-state index is 0.0836. The van der Waals surface area contributed by atoms with Gasteiger partial charge in [0.1, 0.15) is 41.4 Å². The molecule has 2 unspecified atom stereocenters. The van der Waals surface area contributed by atoms with E-state index in [1.165, 1.54) is 30.5 Å². The number of halogens is 4. The molecule has 50 heavy (non-hydrogen) atoms. The number of hydrogen-bond donors (Lipinski definition) is 1. The first-order valence-corrected chi connectivity index (χ1v) is 17.1. The van der Waals surface area contributed by atoms with Crippen LogP contribution >= 0.6 is 0 Å². The average Bonchev–Trinajstić information content (AvgIpc) is 3.50. The summed E-state index contributed by atoms with van der Waals surface area (Å²) in [5.74, 6) is 0.514. The topological polar surface area (TPSA) is 94.9 Å². The number of rotatable bonds is 6. The summed E-state index contributed by atoms with van der Waals surface area (Å²) in [7, 11) is 0. The second kappa shape index (κ2) is 11.2. The van der Waals surface area contributed by atoms with Crippen molar-refractivity contribution in [2.75, 3.05) is 37.7 Å². The van der Waals surface area contributed by atoms with Gasteiger partial charge in [0, 0.05) is 55.3 Å². The number of ether oxygens (including phenoxy) is 1. The van der Waals surface area contributed by atoms with Gasteiger partial charge in [-0.2, -0.15) is 9.97 Å². The zero-order valence-corrected chi connectivity index (χ0v) is 27.1. The van der Waals surface area contributed by atoms with Gasteiger partial charge in [0.25, 0.3) is 5.91 Å². The first kappa shape index (κ1) is 31.3. The highest BCUT2D eigenvalue weighted by Crippen LogP contribution is 2.46. The number of carbonyl (C=O) groups is 1. The fourth-order valence-electron chi connectivity index (χ4n) is 8.88.